The number of carbonyl (C=O) groups excluding carboxylic acids is 2. The van der Waals surface area contributed by atoms with Crippen LogP contribution in [-0.4, -0.2) is 73.0 Å². The van der Waals surface area contributed by atoms with Gasteiger partial charge in [-0.05, 0) is 73.5 Å². The average Bonchev–Trinajstić information content (AvgIpc) is 3.03. The number of amides is 2. The SMILES string of the molecule is CN(C)C=O.CN(C)C=O.Cc1c(Cl)cccc1Nc1ccccc1C(=O)O.Cc1c(Cl)cccc1Nc1ccccc1C(=O)O. The van der Waals surface area contributed by atoms with Gasteiger partial charge < -0.3 is 30.6 Å². The summed E-state index contributed by atoms with van der Waals surface area (Å²) in [6.45, 7) is 3.77. The number of anilines is 4. The van der Waals surface area contributed by atoms with E-state index in [1.165, 1.54) is 9.80 Å². The molecule has 10 nitrogen and oxygen atoms in total. The lowest BCUT2D eigenvalue weighted by molar-refractivity contribution is -0.116. The van der Waals surface area contributed by atoms with E-state index < -0.39 is 11.9 Å². The Labute approximate surface area is 279 Å². The fraction of sp³-hybridized carbons (Fsp3) is 0.176. The second-order valence-corrected chi connectivity index (χ2v) is 10.7. The zero-order valence-electron chi connectivity index (χ0n) is 26.4. The van der Waals surface area contributed by atoms with E-state index in [-0.39, 0.29) is 11.1 Å². The molecule has 0 heterocycles. The van der Waals surface area contributed by atoms with E-state index in [9.17, 15) is 19.2 Å². The van der Waals surface area contributed by atoms with E-state index in [0.717, 1.165) is 35.3 Å². The number of nitrogens with one attached hydrogen (secondary N) is 2. The van der Waals surface area contributed by atoms with Gasteiger partial charge in [0.05, 0.1) is 22.5 Å². The quantitative estimate of drug-likeness (QED) is 0.141. The molecular formula is C34H38Cl2N4O6. The number of aromatic carboxylic acids is 2. The van der Waals surface area contributed by atoms with E-state index in [4.69, 9.17) is 33.4 Å². The summed E-state index contributed by atoms with van der Waals surface area (Å²) in [5, 5.41) is 25.7. The molecule has 0 unspecified atom stereocenters. The first-order valence-electron chi connectivity index (χ1n) is 13.7. The zero-order chi connectivity index (χ0) is 34.8. The molecule has 4 aromatic carbocycles. The zero-order valence-corrected chi connectivity index (χ0v) is 27.9. The highest BCUT2D eigenvalue weighted by atomic mass is 35.5. The molecule has 244 valence electrons. The number of hydrogen-bond acceptors (Lipinski definition) is 6. The molecule has 0 saturated heterocycles. The molecule has 2 amide bonds. The summed E-state index contributed by atoms with van der Waals surface area (Å²) in [5.41, 5.74) is 4.95. The average molecular weight is 670 g/mol. The summed E-state index contributed by atoms with van der Waals surface area (Å²) in [6, 6.07) is 24.5. The van der Waals surface area contributed by atoms with Crippen molar-refractivity contribution in [1.82, 2.24) is 9.80 Å². The first-order valence-corrected chi connectivity index (χ1v) is 14.4. The summed E-state index contributed by atoms with van der Waals surface area (Å²) in [4.78, 5) is 43.9. The molecule has 0 radical (unpaired) electrons. The molecule has 0 aliphatic heterocycles. The van der Waals surface area contributed by atoms with Gasteiger partial charge in [-0.3, -0.25) is 9.59 Å². The van der Waals surface area contributed by atoms with Crippen LogP contribution in [0.15, 0.2) is 84.9 Å². The van der Waals surface area contributed by atoms with Gasteiger partial charge in [-0.2, -0.15) is 0 Å². The molecule has 4 N–H and O–H groups in total. The highest BCUT2D eigenvalue weighted by Crippen LogP contribution is 2.29. The topological polar surface area (TPSA) is 139 Å². The molecule has 4 rings (SSSR count). The third-order valence-electron chi connectivity index (χ3n) is 5.81. The Balaban J connectivity index is 0.000000357. The van der Waals surface area contributed by atoms with Gasteiger partial charge in [0.1, 0.15) is 0 Å². The minimum Gasteiger partial charge on any atom is -0.478 e. The number of carbonyl (C=O) groups is 4. The largest absolute Gasteiger partial charge is 0.478 e. The number of benzene rings is 4. The van der Waals surface area contributed by atoms with Crippen molar-refractivity contribution in [3.63, 3.8) is 0 Å². The maximum atomic E-state index is 11.1. The van der Waals surface area contributed by atoms with Crippen molar-refractivity contribution in [2.75, 3.05) is 38.8 Å². The lowest BCUT2D eigenvalue weighted by Crippen LogP contribution is -2.06. The summed E-state index contributed by atoms with van der Waals surface area (Å²) in [5.74, 6) is -1.92. The number of halogens is 2. The molecule has 0 aromatic heterocycles. The minimum absolute atomic E-state index is 0.233. The molecule has 0 atom stereocenters. The van der Waals surface area contributed by atoms with Crippen LogP contribution in [0, 0.1) is 13.8 Å². The number of para-hydroxylation sites is 2. The molecular weight excluding hydrogens is 631 g/mol. The Morgan fingerprint density at radius 1 is 0.565 bits per heavy atom. The molecule has 0 aliphatic carbocycles. The summed E-state index contributed by atoms with van der Waals surface area (Å²) in [6.07, 6.45) is 1.50. The summed E-state index contributed by atoms with van der Waals surface area (Å²) in [7, 11) is 6.75. The van der Waals surface area contributed by atoms with Crippen LogP contribution in [0.3, 0.4) is 0 Å². The van der Waals surface area contributed by atoms with Crippen LogP contribution >= 0.6 is 23.2 Å². The molecule has 46 heavy (non-hydrogen) atoms. The Morgan fingerprint density at radius 3 is 1.13 bits per heavy atom. The Bertz CT molecular complexity index is 1490. The Morgan fingerprint density at radius 2 is 0.848 bits per heavy atom. The van der Waals surface area contributed by atoms with Gasteiger partial charge in [0.15, 0.2) is 0 Å². The van der Waals surface area contributed by atoms with Crippen molar-refractivity contribution in [2.45, 2.75) is 13.8 Å². The first-order chi connectivity index (χ1) is 21.7. The molecule has 0 saturated carbocycles. The van der Waals surface area contributed by atoms with Crippen LogP contribution in [0.2, 0.25) is 10.0 Å². The van der Waals surface area contributed by atoms with Crippen molar-refractivity contribution in [1.29, 1.82) is 0 Å². The smallest absolute Gasteiger partial charge is 0.337 e. The minimum atomic E-state index is -0.960. The van der Waals surface area contributed by atoms with Crippen molar-refractivity contribution in [2.24, 2.45) is 0 Å². The number of rotatable bonds is 8. The van der Waals surface area contributed by atoms with Gasteiger partial charge in [-0.1, -0.05) is 59.6 Å². The van der Waals surface area contributed by atoms with E-state index >= 15 is 0 Å². The third kappa shape index (κ3) is 13.3. The molecule has 0 fully saturated rings. The van der Waals surface area contributed by atoms with Gasteiger partial charge in [-0.25, -0.2) is 9.59 Å². The maximum Gasteiger partial charge on any atom is 0.337 e. The summed E-state index contributed by atoms with van der Waals surface area (Å²) < 4.78 is 0. The number of carboxylic acid groups (broad SMARTS) is 2. The van der Waals surface area contributed by atoms with Crippen LogP contribution in [0.4, 0.5) is 22.7 Å². The predicted octanol–water partition coefficient (Wildman–Crippen LogP) is 7.59. The number of hydrogen-bond donors (Lipinski definition) is 4. The fourth-order valence-corrected chi connectivity index (χ4v) is 3.68. The van der Waals surface area contributed by atoms with E-state index in [1.807, 2.05) is 38.1 Å². The van der Waals surface area contributed by atoms with Gasteiger partial charge in [-0.15, -0.1) is 0 Å². The van der Waals surface area contributed by atoms with Crippen LogP contribution in [0.5, 0.6) is 0 Å². The number of carboxylic acids is 2. The normalized spacial score (nSPS) is 9.39. The standard InChI is InChI=1S/2C14H12ClNO2.2C3H7NO/c2*1-9-11(15)6-4-8-12(9)16-13-7-3-2-5-10(13)14(17)18;2*1-4(2)3-5/h2*2-8,16H,1H3,(H,17,18);2*3H,1-2H3. The second kappa shape index (κ2) is 20.1. The second-order valence-electron chi connectivity index (χ2n) is 9.91. The fourth-order valence-electron chi connectivity index (χ4n) is 3.33. The van der Waals surface area contributed by atoms with E-state index in [0.29, 0.717) is 21.4 Å². The molecule has 0 bridgehead atoms. The molecule has 0 aliphatic rings. The highest BCUT2D eigenvalue weighted by molar-refractivity contribution is 6.32. The lowest BCUT2D eigenvalue weighted by Gasteiger charge is -2.12. The van der Waals surface area contributed by atoms with Gasteiger partial charge in [0.25, 0.3) is 0 Å². The van der Waals surface area contributed by atoms with Crippen molar-refractivity contribution < 1.29 is 29.4 Å². The Hall–Kier alpha value is -5.06. The Kier molecular flexibility index (Phi) is 17.0. The molecule has 12 heteroatoms. The lowest BCUT2D eigenvalue weighted by atomic mass is 10.1. The van der Waals surface area contributed by atoms with Crippen molar-refractivity contribution in [3.05, 3.63) is 117 Å². The first kappa shape index (κ1) is 39.0. The molecule has 4 aromatic rings. The predicted molar refractivity (Wildman–Crippen MR) is 185 cm³/mol. The van der Waals surface area contributed by atoms with Crippen LogP contribution in [-0.2, 0) is 9.59 Å². The third-order valence-corrected chi connectivity index (χ3v) is 6.63. The monoisotopic (exact) mass is 668 g/mol. The maximum absolute atomic E-state index is 11.1. The number of nitrogens with zero attached hydrogens (tertiary/aromatic N) is 2. The van der Waals surface area contributed by atoms with Crippen LogP contribution < -0.4 is 10.6 Å². The van der Waals surface area contributed by atoms with E-state index in [2.05, 4.69) is 10.6 Å². The van der Waals surface area contributed by atoms with Crippen molar-refractivity contribution in [3.8, 4) is 0 Å². The van der Waals surface area contributed by atoms with Crippen LogP contribution in [0.1, 0.15) is 31.8 Å². The van der Waals surface area contributed by atoms with Crippen molar-refractivity contribution >= 4 is 70.7 Å². The van der Waals surface area contributed by atoms with Crippen LogP contribution in [0.25, 0.3) is 0 Å². The highest BCUT2D eigenvalue weighted by Gasteiger charge is 2.11. The van der Waals surface area contributed by atoms with Gasteiger partial charge in [0.2, 0.25) is 12.8 Å². The van der Waals surface area contributed by atoms with E-state index in [1.54, 1.807) is 88.9 Å². The molecule has 0 spiro atoms. The summed E-state index contributed by atoms with van der Waals surface area (Å²) >= 11 is 12.1. The van der Waals surface area contributed by atoms with Gasteiger partial charge in [0, 0.05) is 49.6 Å². The van der Waals surface area contributed by atoms with Gasteiger partial charge >= 0.3 is 11.9 Å².